The molecule has 0 saturated heterocycles. The number of benzene rings is 2. The van der Waals surface area contributed by atoms with Gasteiger partial charge in [0.2, 0.25) is 5.91 Å². The highest BCUT2D eigenvalue weighted by molar-refractivity contribution is 7.87. The summed E-state index contributed by atoms with van der Waals surface area (Å²) >= 11 is 5.95. The number of alkyl halides is 1. The molecule has 0 spiro atoms. The second-order valence-corrected chi connectivity index (χ2v) is 8.68. The van der Waals surface area contributed by atoms with Crippen molar-refractivity contribution in [3.05, 3.63) is 59.9 Å². The summed E-state index contributed by atoms with van der Waals surface area (Å²) in [6, 6.07) is 10.8. The fourth-order valence-corrected chi connectivity index (χ4v) is 3.58. The number of amides is 1. The third-order valence-corrected chi connectivity index (χ3v) is 5.78. The van der Waals surface area contributed by atoms with Gasteiger partial charge in [-0.25, -0.2) is 4.39 Å². The van der Waals surface area contributed by atoms with Crippen molar-refractivity contribution in [2.75, 3.05) is 0 Å². The predicted octanol–water partition coefficient (Wildman–Crippen LogP) is 4.35. The molecule has 2 rings (SSSR count). The van der Waals surface area contributed by atoms with Crippen molar-refractivity contribution in [1.82, 2.24) is 4.90 Å². The van der Waals surface area contributed by atoms with Gasteiger partial charge in [-0.2, -0.15) is 8.42 Å². The second kappa shape index (κ2) is 9.39. The summed E-state index contributed by atoms with van der Waals surface area (Å²) in [5.41, 5.74) is 0.817. The Balaban J connectivity index is 2.14. The summed E-state index contributed by atoms with van der Waals surface area (Å²) in [4.78, 5) is 13.9. The van der Waals surface area contributed by atoms with E-state index in [-0.39, 0.29) is 22.6 Å². The highest BCUT2D eigenvalue weighted by Gasteiger charge is 2.23. The van der Waals surface area contributed by atoms with E-state index in [9.17, 15) is 17.6 Å². The minimum atomic E-state index is -4.06. The molecule has 2 atom stereocenters. The van der Waals surface area contributed by atoms with Crippen molar-refractivity contribution < 1.29 is 21.8 Å². The SMILES string of the molecule is CC[C@H](C)N(Cc1ccc(OS(=O)(=O)c2ccc(F)cc2)cc1)C(=O)[C@H](C)Cl. The summed E-state index contributed by atoms with van der Waals surface area (Å²) in [6.45, 7) is 5.93. The van der Waals surface area contributed by atoms with Crippen molar-refractivity contribution in [3.8, 4) is 5.75 Å². The van der Waals surface area contributed by atoms with Crippen molar-refractivity contribution in [1.29, 1.82) is 0 Å². The Morgan fingerprint density at radius 1 is 1.11 bits per heavy atom. The summed E-state index contributed by atoms with van der Waals surface area (Å²) in [6.07, 6.45) is 0.784. The highest BCUT2D eigenvalue weighted by Crippen LogP contribution is 2.21. The fourth-order valence-electron chi connectivity index (χ4n) is 2.52. The molecular weight excluding hydrogens is 405 g/mol. The Morgan fingerprint density at radius 3 is 2.18 bits per heavy atom. The monoisotopic (exact) mass is 427 g/mol. The first kappa shape index (κ1) is 22.2. The third-order valence-electron chi connectivity index (χ3n) is 4.33. The van der Waals surface area contributed by atoms with Gasteiger partial charge in [-0.15, -0.1) is 11.6 Å². The van der Waals surface area contributed by atoms with Crippen LogP contribution in [0, 0.1) is 5.82 Å². The van der Waals surface area contributed by atoms with E-state index in [0.29, 0.717) is 6.54 Å². The molecule has 5 nitrogen and oxygen atoms in total. The van der Waals surface area contributed by atoms with Crippen molar-refractivity contribution >= 4 is 27.6 Å². The number of carbonyl (C=O) groups is 1. The van der Waals surface area contributed by atoms with E-state index in [1.165, 1.54) is 12.1 Å². The molecule has 2 aromatic rings. The average molecular weight is 428 g/mol. The van der Waals surface area contributed by atoms with E-state index in [2.05, 4.69) is 0 Å². The second-order valence-electron chi connectivity index (χ2n) is 6.47. The molecule has 1 amide bonds. The number of carbonyl (C=O) groups excluding carboxylic acids is 1. The van der Waals surface area contributed by atoms with E-state index in [1.807, 2.05) is 13.8 Å². The molecular formula is C20H23ClFNO4S. The van der Waals surface area contributed by atoms with Gasteiger partial charge in [-0.1, -0.05) is 19.1 Å². The first-order valence-electron chi connectivity index (χ1n) is 8.87. The Hall–Kier alpha value is -2.12. The number of nitrogens with zero attached hydrogens (tertiary/aromatic N) is 1. The molecule has 0 aliphatic rings. The molecule has 0 fully saturated rings. The summed E-state index contributed by atoms with van der Waals surface area (Å²) in [5, 5.41) is -0.627. The minimum Gasteiger partial charge on any atom is -0.379 e. The smallest absolute Gasteiger partial charge is 0.339 e. The predicted molar refractivity (Wildman–Crippen MR) is 106 cm³/mol. The Bertz CT molecular complexity index is 899. The lowest BCUT2D eigenvalue weighted by molar-refractivity contribution is -0.133. The lowest BCUT2D eigenvalue weighted by atomic mass is 10.1. The molecule has 0 radical (unpaired) electrons. The lowest BCUT2D eigenvalue weighted by Gasteiger charge is -2.29. The first-order valence-corrected chi connectivity index (χ1v) is 10.7. The van der Waals surface area contributed by atoms with Crippen LogP contribution in [0.5, 0.6) is 5.75 Å². The number of hydrogen-bond donors (Lipinski definition) is 0. The Kier molecular flexibility index (Phi) is 7.43. The van der Waals surface area contributed by atoms with E-state index in [1.54, 1.807) is 24.0 Å². The third kappa shape index (κ3) is 5.69. The van der Waals surface area contributed by atoms with E-state index < -0.39 is 21.3 Å². The molecule has 0 heterocycles. The maximum atomic E-state index is 13.0. The molecule has 0 aromatic heterocycles. The van der Waals surface area contributed by atoms with Crippen molar-refractivity contribution in [3.63, 3.8) is 0 Å². The molecule has 0 N–H and O–H groups in total. The van der Waals surface area contributed by atoms with Crippen molar-refractivity contribution in [2.45, 2.75) is 50.1 Å². The largest absolute Gasteiger partial charge is 0.379 e. The number of halogens is 2. The zero-order valence-electron chi connectivity index (χ0n) is 15.9. The molecule has 28 heavy (non-hydrogen) atoms. The fraction of sp³-hybridized carbons (Fsp3) is 0.350. The van der Waals surface area contributed by atoms with Crippen LogP contribution in [0.4, 0.5) is 4.39 Å². The summed E-state index contributed by atoms with van der Waals surface area (Å²) in [5.74, 6) is -0.564. The van der Waals surface area contributed by atoms with Gasteiger partial charge < -0.3 is 9.08 Å². The van der Waals surface area contributed by atoms with Crippen LogP contribution >= 0.6 is 11.6 Å². The van der Waals surface area contributed by atoms with Crippen LogP contribution in [0.1, 0.15) is 32.8 Å². The molecule has 0 saturated carbocycles. The van der Waals surface area contributed by atoms with Gasteiger partial charge in [0.15, 0.2) is 0 Å². The minimum absolute atomic E-state index is 0.0171. The molecule has 0 unspecified atom stereocenters. The van der Waals surface area contributed by atoms with Gasteiger partial charge in [0.1, 0.15) is 21.8 Å². The van der Waals surface area contributed by atoms with Gasteiger partial charge in [0, 0.05) is 12.6 Å². The van der Waals surface area contributed by atoms with Gasteiger partial charge in [0.05, 0.1) is 0 Å². The molecule has 0 aliphatic heterocycles. The Labute approximate surface area is 170 Å². The molecule has 0 bridgehead atoms. The number of rotatable bonds is 8. The van der Waals surface area contributed by atoms with Crippen LogP contribution < -0.4 is 4.18 Å². The van der Waals surface area contributed by atoms with Gasteiger partial charge >= 0.3 is 10.1 Å². The Morgan fingerprint density at radius 2 is 1.68 bits per heavy atom. The lowest BCUT2D eigenvalue weighted by Crippen LogP contribution is -2.41. The van der Waals surface area contributed by atoms with Crippen LogP contribution in [0.2, 0.25) is 0 Å². The molecule has 0 aliphatic carbocycles. The first-order chi connectivity index (χ1) is 13.1. The topological polar surface area (TPSA) is 63.7 Å². The van der Waals surface area contributed by atoms with Crippen molar-refractivity contribution in [2.24, 2.45) is 0 Å². The van der Waals surface area contributed by atoms with Crippen LogP contribution in [-0.4, -0.2) is 30.6 Å². The van der Waals surface area contributed by atoms with Crippen LogP contribution in [0.3, 0.4) is 0 Å². The number of hydrogen-bond acceptors (Lipinski definition) is 4. The quantitative estimate of drug-likeness (QED) is 0.464. The van der Waals surface area contributed by atoms with Crippen LogP contribution in [-0.2, 0) is 21.5 Å². The molecule has 2 aromatic carbocycles. The standard InChI is InChI=1S/C20H23ClFNO4S/c1-4-14(2)23(20(24)15(3)21)13-16-5-9-18(10-6-16)27-28(25,26)19-11-7-17(22)8-12-19/h5-12,14-15H,4,13H2,1-3H3/t14-,15-/m0/s1. The van der Waals surface area contributed by atoms with Gasteiger partial charge in [-0.3, -0.25) is 4.79 Å². The highest BCUT2D eigenvalue weighted by atomic mass is 35.5. The van der Waals surface area contributed by atoms with Gasteiger partial charge in [-0.05, 0) is 62.2 Å². The maximum Gasteiger partial charge on any atom is 0.339 e. The van der Waals surface area contributed by atoms with E-state index in [0.717, 1.165) is 36.2 Å². The van der Waals surface area contributed by atoms with E-state index >= 15 is 0 Å². The molecule has 8 heteroatoms. The average Bonchev–Trinajstić information content (AvgIpc) is 2.66. The zero-order valence-corrected chi connectivity index (χ0v) is 17.5. The molecule has 152 valence electrons. The van der Waals surface area contributed by atoms with Gasteiger partial charge in [0.25, 0.3) is 0 Å². The summed E-state index contributed by atoms with van der Waals surface area (Å²) < 4.78 is 42.6. The van der Waals surface area contributed by atoms with E-state index in [4.69, 9.17) is 15.8 Å². The zero-order chi connectivity index (χ0) is 20.9. The van der Waals surface area contributed by atoms with Crippen LogP contribution in [0.25, 0.3) is 0 Å². The van der Waals surface area contributed by atoms with Crippen LogP contribution in [0.15, 0.2) is 53.4 Å². The summed E-state index contributed by atoms with van der Waals surface area (Å²) in [7, 11) is -4.06. The normalized spacial score (nSPS) is 13.6. The maximum absolute atomic E-state index is 13.0.